The molecule has 3 rings (SSSR count). The van der Waals surface area contributed by atoms with Gasteiger partial charge in [-0.05, 0) is 32.0 Å². The number of anilines is 2. The second-order valence-electron chi connectivity index (χ2n) is 5.38. The van der Waals surface area contributed by atoms with E-state index >= 15 is 0 Å². The molecule has 3 heterocycles. The molecule has 118 valence electrons. The topological polar surface area (TPSA) is 63.2 Å². The van der Waals surface area contributed by atoms with E-state index in [2.05, 4.69) is 25.6 Å². The van der Waals surface area contributed by atoms with Crippen LogP contribution in [-0.4, -0.2) is 53.2 Å². The molecule has 0 radical (unpaired) electrons. The van der Waals surface area contributed by atoms with Crippen LogP contribution < -0.4 is 5.32 Å². The van der Waals surface area contributed by atoms with Gasteiger partial charge in [0.2, 0.25) is 5.95 Å². The van der Waals surface area contributed by atoms with Crippen LogP contribution >= 0.6 is 11.3 Å². The summed E-state index contributed by atoms with van der Waals surface area (Å²) in [4.78, 5) is 15.5. The van der Waals surface area contributed by atoms with Crippen LogP contribution in [0.3, 0.4) is 0 Å². The lowest BCUT2D eigenvalue weighted by Crippen LogP contribution is -2.35. The van der Waals surface area contributed by atoms with Crippen LogP contribution in [0.4, 0.5) is 11.1 Å². The van der Waals surface area contributed by atoms with Crippen molar-refractivity contribution in [2.45, 2.75) is 18.8 Å². The third-order valence-electron chi connectivity index (χ3n) is 3.92. The Labute approximate surface area is 134 Å². The molecule has 6 nitrogen and oxygen atoms in total. The molecule has 0 saturated carbocycles. The molecule has 1 fully saturated rings. The lowest BCUT2D eigenvalue weighted by Gasteiger charge is -2.30. The quantitative estimate of drug-likeness (QED) is 0.882. The summed E-state index contributed by atoms with van der Waals surface area (Å²) in [6, 6.07) is 1.80. The number of nitrogens with zero attached hydrogens (tertiary/aromatic N) is 4. The highest BCUT2D eigenvalue weighted by Gasteiger charge is 2.22. The van der Waals surface area contributed by atoms with Crippen molar-refractivity contribution in [2.24, 2.45) is 0 Å². The maximum absolute atomic E-state index is 5.14. The molecule has 1 aliphatic heterocycles. The highest BCUT2D eigenvalue weighted by atomic mass is 32.1. The van der Waals surface area contributed by atoms with E-state index in [1.54, 1.807) is 36.9 Å². The van der Waals surface area contributed by atoms with Gasteiger partial charge in [-0.2, -0.15) is 0 Å². The molecule has 0 amide bonds. The fourth-order valence-electron chi connectivity index (χ4n) is 2.66. The van der Waals surface area contributed by atoms with Gasteiger partial charge in [0.1, 0.15) is 0 Å². The van der Waals surface area contributed by atoms with Crippen molar-refractivity contribution in [1.82, 2.24) is 19.9 Å². The molecule has 2 aromatic heterocycles. The SMILES string of the molecule is COCCN1CCC(c2csc(Nc3ncccn3)n2)CC1. The fourth-order valence-corrected chi connectivity index (χ4v) is 3.45. The number of hydrogen-bond acceptors (Lipinski definition) is 7. The van der Waals surface area contributed by atoms with Crippen molar-refractivity contribution in [2.75, 3.05) is 38.7 Å². The minimum Gasteiger partial charge on any atom is -0.383 e. The number of rotatable bonds is 6. The molecule has 7 heteroatoms. The predicted molar refractivity (Wildman–Crippen MR) is 87.7 cm³/mol. The smallest absolute Gasteiger partial charge is 0.228 e. The first kappa shape index (κ1) is 15.3. The first-order valence-electron chi connectivity index (χ1n) is 7.56. The minimum atomic E-state index is 0.558. The van der Waals surface area contributed by atoms with E-state index in [-0.39, 0.29) is 0 Å². The molecule has 1 saturated heterocycles. The third-order valence-corrected chi connectivity index (χ3v) is 4.70. The highest BCUT2D eigenvalue weighted by molar-refractivity contribution is 7.13. The summed E-state index contributed by atoms with van der Waals surface area (Å²) in [5.41, 5.74) is 1.19. The van der Waals surface area contributed by atoms with Gasteiger partial charge >= 0.3 is 0 Å². The van der Waals surface area contributed by atoms with Crippen LogP contribution in [0.1, 0.15) is 24.5 Å². The molecule has 0 unspecified atom stereocenters. The van der Waals surface area contributed by atoms with Crippen molar-refractivity contribution < 1.29 is 4.74 Å². The monoisotopic (exact) mass is 319 g/mol. The van der Waals surface area contributed by atoms with Crippen molar-refractivity contribution in [3.05, 3.63) is 29.5 Å². The third kappa shape index (κ3) is 4.00. The number of aromatic nitrogens is 3. The van der Waals surface area contributed by atoms with Crippen LogP contribution in [0.25, 0.3) is 0 Å². The number of hydrogen-bond donors (Lipinski definition) is 1. The van der Waals surface area contributed by atoms with E-state index in [9.17, 15) is 0 Å². The molecular formula is C15H21N5OS. The van der Waals surface area contributed by atoms with E-state index in [1.165, 1.54) is 5.69 Å². The Kier molecular flexibility index (Phi) is 5.31. The van der Waals surface area contributed by atoms with Gasteiger partial charge in [-0.1, -0.05) is 0 Å². The van der Waals surface area contributed by atoms with E-state index in [0.717, 1.165) is 44.2 Å². The molecule has 0 bridgehead atoms. The number of piperidine rings is 1. The van der Waals surface area contributed by atoms with Gasteiger partial charge in [0, 0.05) is 37.3 Å². The van der Waals surface area contributed by atoms with E-state index in [4.69, 9.17) is 9.72 Å². The van der Waals surface area contributed by atoms with Gasteiger partial charge < -0.3 is 15.0 Å². The van der Waals surface area contributed by atoms with Crippen molar-refractivity contribution in [3.63, 3.8) is 0 Å². The van der Waals surface area contributed by atoms with Crippen LogP contribution in [0.2, 0.25) is 0 Å². The number of thiazole rings is 1. The lowest BCUT2D eigenvalue weighted by atomic mass is 9.94. The average molecular weight is 319 g/mol. The summed E-state index contributed by atoms with van der Waals surface area (Å²) in [6.45, 7) is 4.08. The zero-order chi connectivity index (χ0) is 15.2. The summed E-state index contributed by atoms with van der Waals surface area (Å²) in [7, 11) is 1.76. The summed E-state index contributed by atoms with van der Waals surface area (Å²) < 4.78 is 5.14. The van der Waals surface area contributed by atoms with Gasteiger partial charge in [-0.3, -0.25) is 0 Å². The number of methoxy groups -OCH3 is 1. The molecule has 22 heavy (non-hydrogen) atoms. The molecule has 2 aromatic rings. The molecular weight excluding hydrogens is 298 g/mol. The summed E-state index contributed by atoms with van der Waals surface area (Å²) in [5.74, 6) is 1.15. The Bertz CT molecular complexity index is 568. The van der Waals surface area contributed by atoms with Gasteiger partial charge in [0.25, 0.3) is 0 Å². The molecule has 0 spiro atoms. The number of likely N-dealkylation sites (tertiary alicyclic amines) is 1. The van der Waals surface area contributed by atoms with Crippen molar-refractivity contribution >= 4 is 22.4 Å². The molecule has 0 aromatic carbocycles. The number of nitrogens with one attached hydrogen (secondary N) is 1. The van der Waals surface area contributed by atoms with E-state index in [1.807, 2.05) is 0 Å². The van der Waals surface area contributed by atoms with Crippen LogP contribution in [-0.2, 0) is 4.74 Å². The Hall–Kier alpha value is -1.57. The Morgan fingerprint density at radius 3 is 2.82 bits per heavy atom. The summed E-state index contributed by atoms with van der Waals surface area (Å²) in [5, 5.41) is 6.18. The number of ether oxygens (including phenoxy) is 1. The molecule has 1 aliphatic rings. The molecule has 1 N–H and O–H groups in total. The fraction of sp³-hybridized carbons (Fsp3) is 0.533. The van der Waals surface area contributed by atoms with Crippen LogP contribution in [0.5, 0.6) is 0 Å². The Balaban J connectivity index is 1.54. The van der Waals surface area contributed by atoms with Crippen molar-refractivity contribution in [3.8, 4) is 0 Å². The van der Waals surface area contributed by atoms with Crippen LogP contribution in [0.15, 0.2) is 23.8 Å². The second-order valence-corrected chi connectivity index (χ2v) is 6.24. The standard InChI is InChI=1S/C15H21N5OS/c1-21-10-9-20-7-3-12(4-8-20)13-11-22-15(18-13)19-14-16-5-2-6-17-14/h2,5-6,11-12H,3-4,7-10H2,1H3,(H,16,17,18,19). The molecule has 0 aliphatic carbocycles. The average Bonchev–Trinajstić information content (AvgIpc) is 3.03. The molecule has 0 atom stereocenters. The lowest BCUT2D eigenvalue weighted by molar-refractivity contribution is 0.130. The van der Waals surface area contributed by atoms with E-state index < -0.39 is 0 Å². The minimum absolute atomic E-state index is 0.558. The Morgan fingerprint density at radius 1 is 1.32 bits per heavy atom. The summed E-state index contributed by atoms with van der Waals surface area (Å²) >= 11 is 1.62. The first-order chi connectivity index (χ1) is 10.8. The second kappa shape index (κ2) is 7.62. The highest BCUT2D eigenvalue weighted by Crippen LogP contribution is 2.30. The zero-order valence-electron chi connectivity index (χ0n) is 12.7. The van der Waals surface area contributed by atoms with Gasteiger partial charge in [0.05, 0.1) is 12.3 Å². The zero-order valence-corrected chi connectivity index (χ0v) is 13.6. The van der Waals surface area contributed by atoms with Gasteiger partial charge in [-0.15, -0.1) is 11.3 Å². The maximum Gasteiger partial charge on any atom is 0.228 e. The Morgan fingerprint density at radius 2 is 2.09 bits per heavy atom. The van der Waals surface area contributed by atoms with Gasteiger partial charge in [0.15, 0.2) is 5.13 Å². The maximum atomic E-state index is 5.14. The normalized spacial score (nSPS) is 16.8. The van der Waals surface area contributed by atoms with E-state index in [0.29, 0.717) is 11.9 Å². The largest absolute Gasteiger partial charge is 0.383 e. The summed E-state index contributed by atoms with van der Waals surface area (Å²) in [6.07, 6.45) is 5.77. The van der Waals surface area contributed by atoms with Crippen LogP contribution in [0, 0.1) is 0 Å². The van der Waals surface area contributed by atoms with Crippen molar-refractivity contribution in [1.29, 1.82) is 0 Å². The van der Waals surface area contributed by atoms with Gasteiger partial charge in [-0.25, -0.2) is 15.0 Å². The first-order valence-corrected chi connectivity index (χ1v) is 8.44. The predicted octanol–water partition coefficient (Wildman–Crippen LogP) is 2.50.